The van der Waals surface area contributed by atoms with E-state index in [-0.39, 0.29) is 0 Å². The maximum Gasteiger partial charge on any atom is 0.167 e. The molecule has 3 rings (SSSR count). The standard InChI is InChI=1S/C27H37NOS/c1-3-5-7-9-10-11-13-22-15-17-23(18-16-22)26-21-25(28-29-26)27-20-19-24(30-27)14-12-8-6-4-2/h15-21H,3-14H2,1-2H3. The van der Waals surface area contributed by atoms with Crippen molar-refractivity contribution < 1.29 is 4.52 Å². The first kappa shape index (κ1) is 22.8. The van der Waals surface area contributed by atoms with Crippen LogP contribution in [0.5, 0.6) is 0 Å². The minimum atomic E-state index is 0.856. The van der Waals surface area contributed by atoms with Crippen LogP contribution in [0, 0.1) is 0 Å². The van der Waals surface area contributed by atoms with Crippen molar-refractivity contribution in [3.63, 3.8) is 0 Å². The number of aryl methyl sites for hydroxylation is 2. The van der Waals surface area contributed by atoms with Gasteiger partial charge in [-0.25, -0.2) is 0 Å². The van der Waals surface area contributed by atoms with Gasteiger partial charge in [0, 0.05) is 16.5 Å². The molecule has 0 atom stereocenters. The topological polar surface area (TPSA) is 26.0 Å². The fourth-order valence-electron chi connectivity index (χ4n) is 3.85. The lowest BCUT2D eigenvalue weighted by Crippen LogP contribution is -1.86. The van der Waals surface area contributed by atoms with E-state index in [1.165, 1.54) is 92.4 Å². The highest BCUT2D eigenvalue weighted by Crippen LogP contribution is 2.31. The summed E-state index contributed by atoms with van der Waals surface area (Å²) in [6.45, 7) is 4.53. The number of nitrogens with zero attached hydrogens (tertiary/aromatic N) is 1. The van der Waals surface area contributed by atoms with E-state index in [1.54, 1.807) is 0 Å². The number of unbranched alkanes of at least 4 members (excludes halogenated alkanes) is 8. The molecule has 2 heterocycles. The Bertz CT molecular complexity index is 846. The Morgan fingerprint density at radius 3 is 2.17 bits per heavy atom. The van der Waals surface area contributed by atoms with Gasteiger partial charge in [-0.1, -0.05) is 94.6 Å². The molecule has 0 fully saturated rings. The van der Waals surface area contributed by atoms with E-state index in [9.17, 15) is 0 Å². The van der Waals surface area contributed by atoms with Crippen LogP contribution in [-0.2, 0) is 12.8 Å². The zero-order valence-corrected chi connectivity index (χ0v) is 19.6. The van der Waals surface area contributed by atoms with Gasteiger partial charge in [-0.3, -0.25) is 0 Å². The number of thiophene rings is 1. The summed E-state index contributed by atoms with van der Waals surface area (Å²) in [6.07, 6.45) is 15.7. The van der Waals surface area contributed by atoms with E-state index in [0.717, 1.165) is 17.0 Å². The largest absolute Gasteiger partial charge is 0.356 e. The molecule has 0 N–H and O–H groups in total. The zero-order valence-electron chi connectivity index (χ0n) is 18.8. The third-order valence-electron chi connectivity index (χ3n) is 5.76. The number of rotatable bonds is 14. The Kier molecular flexibility index (Phi) is 9.69. The molecule has 2 nitrogen and oxygen atoms in total. The Labute approximate surface area is 186 Å². The number of hydrogen-bond donors (Lipinski definition) is 0. The summed E-state index contributed by atoms with van der Waals surface area (Å²) in [5.74, 6) is 0.856. The molecular weight excluding hydrogens is 386 g/mol. The van der Waals surface area contributed by atoms with E-state index in [1.807, 2.05) is 11.3 Å². The van der Waals surface area contributed by atoms with Crippen molar-refractivity contribution in [3.8, 4) is 21.9 Å². The molecule has 0 radical (unpaired) electrons. The predicted molar refractivity (Wildman–Crippen MR) is 130 cm³/mol. The van der Waals surface area contributed by atoms with Crippen LogP contribution in [-0.4, -0.2) is 5.16 Å². The van der Waals surface area contributed by atoms with E-state index < -0.39 is 0 Å². The maximum atomic E-state index is 5.66. The first-order valence-corrected chi connectivity index (χ1v) is 12.8. The van der Waals surface area contributed by atoms with Crippen LogP contribution >= 0.6 is 11.3 Å². The van der Waals surface area contributed by atoms with Gasteiger partial charge in [-0.15, -0.1) is 11.3 Å². The minimum absolute atomic E-state index is 0.856. The summed E-state index contributed by atoms with van der Waals surface area (Å²) >= 11 is 1.85. The molecule has 3 heteroatoms. The van der Waals surface area contributed by atoms with Gasteiger partial charge in [-0.2, -0.15) is 0 Å². The van der Waals surface area contributed by atoms with Crippen molar-refractivity contribution in [2.24, 2.45) is 0 Å². The average molecular weight is 424 g/mol. The number of aromatic nitrogens is 1. The van der Waals surface area contributed by atoms with Crippen LogP contribution in [0.1, 0.15) is 88.5 Å². The second kappa shape index (κ2) is 12.7. The van der Waals surface area contributed by atoms with Crippen LogP contribution in [0.4, 0.5) is 0 Å². The third kappa shape index (κ3) is 7.12. The monoisotopic (exact) mass is 423 g/mol. The molecule has 0 aliphatic carbocycles. The molecule has 0 saturated heterocycles. The Morgan fingerprint density at radius 1 is 0.733 bits per heavy atom. The molecule has 0 saturated carbocycles. The lowest BCUT2D eigenvalue weighted by Gasteiger charge is -2.03. The first-order valence-electron chi connectivity index (χ1n) is 11.9. The van der Waals surface area contributed by atoms with Gasteiger partial charge < -0.3 is 4.52 Å². The quantitative estimate of drug-likeness (QED) is 0.242. The van der Waals surface area contributed by atoms with Crippen LogP contribution in [0.2, 0.25) is 0 Å². The molecule has 0 spiro atoms. The molecule has 0 aliphatic heterocycles. The summed E-state index contributed by atoms with van der Waals surface area (Å²) in [4.78, 5) is 2.65. The van der Waals surface area contributed by atoms with Gasteiger partial charge in [0.15, 0.2) is 5.76 Å². The van der Waals surface area contributed by atoms with E-state index in [0.29, 0.717) is 0 Å². The molecule has 1 aromatic carbocycles. The fourth-order valence-corrected chi connectivity index (χ4v) is 4.85. The van der Waals surface area contributed by atoms with Crippen molar-refractivity contribution in [2.75, 3.05) is 0 Å². The molecular formula is C27H37NOS. The minimum Gasteiger partial charge on any atom is -0.356 e. The average Bonchev–Trinajstić information content (AvgIpc) is 3.44. The van der Waals surface area contributed by atoms with Crippen LogP contribution in [0.3, 0.4) is 0 Å². The van der Waals surface area contributed by atoms with Crippen LogP contribution in [0.15, 0.2) is 47.0 Å². The highest BCUT2D eigenvalue weighted by molar-refractivity contribution is 7.15. The van der Waals surface area contributed by atoms with Gasteiger partial charge >= 0.3 is 0 Å². The Balaban J connectivity index is 1.50. The predicted octanol–water partition coefficient (Wildman–Crippen LogP) is 9.10. The van der Waals surface area contributed by atoms with Crippen LogP contribution < -0.4 is 0 Å². The molecule has 30 heavy (non-hydrogen) atoms. The summed E-state index contributed by atoms with van der Waals surface area (Å²) in [7, 11) is 0. The van der Waals surface area contributed by atoms with Crippen LogP contribution in [0.25, 0.3) is 21.9 Å². The summed E-state index contributed by atoms with van der Waals surface area (Å²) < 4.78 is 5.66. The van der Waals surface area contributed by atoms with Gasteiger partial charge in [0.1, 0.15) is 5.69 Å². The zero-order chi connectivity index (χ0) is 21.0. The van der Waals surface area contributed by atoms with Gasteiger partial charge in [0.05, 0.1) is 4.88 Å². The van der Waals surface area contributed by atoms with Crippen molar-refractivity contribution in [2.45, 2.75) is 90.9 Å². The van der Waals surface area contributed by atoms with E-state index >= 15 is 0 Å². The lowest BCUT2D eigenvalue weighted by molar-refractivity contribution is 0.435. The smallest absolute Gasteiger partial charge is 0.167 e. The fraction of sp³-hybridized carbons (Fsp3) is 0.519. The third-order valence-corrected chi connectivity index (χ3v) is 6.93. The van der Waals surface area contributed by atoms with E-state index in [4.69, 9.17) is 4.52 Å². The molecule has 0 unspecified atom stereocenters. The van der Waals surface area contributed by atoms with Gasteiger partial charge in [0.2, 0.25) is 0 Å². The first-order chi connectivity index (χ1) is 14.8. The van der Waals surface area contributed by atoms with Crippen molar-refractivity contribution in [1.29, 1.82) is 0 Å². The lowest BCUT2D eigenvalue weighted by atomic mass is 10.0. The molecule has 0 amide bonds. The molecule has 3 aromatic rings. The summed E-state index contributed by atoms with van der Waals surface area (Å²) in [5, 5.41) is 4.33. The highest BCUT2D eigenvalue weighted by atomic mass is 32.1. The molecule has 162 valence electrons. The summed E-state index contributed by atoms with van der Waals surface area (Å²) in [5.41, 5.74) is 3.47. The Hall–Kier alpha value is -1.87. The summed E-state index contributed by atoms with van der Waals surface area (Å²) in [6, 6.07) is 15.3. The van der Waals surface area contributed by atoms with E-state index in [2.05, 4.69) is 61.5 Å². The second-order valence-electron chi connectivity index (χ2n) is 8.37. The normalized spacial score (nSPS) is 11.3. The highest BCUT2D eigenvalue weighted by Gasteiger charge is 2.11. The molecule has 0 bridgehead atoms. The number of benzene rings is 1. The van der Waals surface area contributed by atoms with Crippen molar-refractivity contribution >= 4 is 11.3 Å². The van der Waals surface area contributed by atoms with Crippen molar-refractivity contribution in [3.05, 3.63) is 52.9 Å². The van der Waals surface area contributed by atoms with Gasteiger partial charge in [-0.05, 0) is 43.4 Å². The number of hydrogen-bond acceptors (Lipinski definition) is 3. The second-order valence-corrected chi connectivity index (χ2v) is 9.54. The SMILES string of the molecule is CCCCCCCCc1ccc(-c2cc(-c3ccc(CCCCCC)s3)no2)cc1. The maximum absolute atomic E-state index is 5.66. The molecule has 0 aliphatic rings. The molecule has 2 aromatic heterocycles. The van der Waals surface area contributed by atoms with Crippen molar-refractivity contribution in [1.82, 2.24) is 5.16 Å². The van der Waals surface area contributed by atoms with Gasteiger partial charge in [0.25, 0.3) is 0 Å². The Morgan fingerprint density at radius 2 is 1.40 bits per heavy atom.